The molecule has 0 heterocycles. The van der Waals surface area contributed by atoms with E-state index in [4.69, 9.17) is 9.47 Å². The predicted molar refractivity (Wildman–Crippen MR) is 134 cm³/mol. The van der Waals surface area contributed by atoms with Crippen molar-refractivity contribution in [2.75, 3.05) is 18.9 Å². The molecule has 10 heteroatoms. The van der Waals surface area contributed by atoms with Crippen molar-refractivity contribution in [3.63, 3.8) is 0 Å². The second-order valence-electron chi connectivity index (χ2n) is 10.7. The molecule has 2 fully saturated rings. The highest BCUT2D eigenvalue weighted by Crippen LogP contribution is 2.31. The molecule has 0 unspecified atom stereocenters. The van der Waals surface area contributed by atoms with E-state index in [0.29, 0.717) is 12.1 Å². The predicted octanol–water partition coefficient (Wildman–Crippen LogP) is 4.30. The fourth-order valence-electron chi connectivity index (χ4n) is 4.08. The third-order valence-electron chi connectivity index (χ3n) is 6.22. The van der Waals surface area contributed by atoms with Gasteiger partial charge in [0.2, 0.25) is 5.91 Å². The van der Waals surface area contributed by atoms with Crippen molar-refractivity contribution in [3.8, 4) is 5.75 Å². The first-order chi connectivity index (χ1) is 16.9. The minimum Gasteiger partial charge on any atom is -0.489 e. The molecule has 0 bridgehead atoms. The van der Waals surface area contributed by atoms with Crippen LogP contribution in [0.2, 0.25) is 0 Å². The number of amides is 2. The molecule has 0 aromatic heterocycles. The van der Waals surface area contributed by atoms with Gasteiger partial charge < -0.3 is 20.1 Å². The van der Waals surface area contributed by atoms with Gasteiger partial charge in [0, 0.05) is 24.1 Å². The van der Waals surface area contributed by atoms with Gasteiger partial charge in [0.05, 0.1) is 17.0 Å². The first kappa shape index (κ1) is 28.0. The largest absolute Gasteiger partial charge is 0.489 e. The van der Waals surface area contributed by atoms with Crippen molar-refractivity contribution in [1.82, 2.24) is 10.6 Å². The minimum absolute atomic E-state index is 0.0646. The Hall–Kier alpha value is -2.62. The molecule has 1 aromatic rings. The van der Waals surface area contributed by atoms with Gasteiger partial charge in [0.15, 0.2) is 9.84 Å². The molecule has 0 radical (unpaired) electrons. The van der Waals surface area contributed by atoms with E-state index in [1.807, 2.05) is 0 Å². The second-order valence-corrected chi connectivity index (χ2v) is 12.7. The number of alkyl carbamates (subject to hydrolysis) is 1. The summed E-state index contributed by atoms with van der Waals surface area (Å²) in [4.78, 5) is 23.9. The third kappa shape index (κ3) is 9.11. The average Bonchev–Trinajstić information content (AvgIpc) is 3.65. The maximum atomic E-state index is 13.2. The standard InChI is InChI=1S/C26H37FN2O6S/c1-26(2,3)35-25(31)28-15-19(14-27)16-34-22-10-12-23(13-11-22)36(32,33)17-18-4-8-21(9-5-18)29-24(30)20-6-7-20/h10-14,18,20-21H,4-9,15-17H2,1-3H3,(H,28,31)(H,29,30)/b19-14+/t18-,21-. The van der Waals surface area contributed by atoms with E-state index < -0.39 is 21.5 Å². The van der Waals surface area contributed by atoms with Gasteiger partial charge in [0.1, 0.15) is 18.0 Å². The summed E-state index contributed by atoms with van der Waals surface area (Å²) in [6, 6.07) is 6.20. The summed E-state index contributed by atoms with van der Waals surface area (Å²) in [6.07, 6.45) is 4.80. The molecule has 1 aromatic carbocycles. The summed E-state index contributed by atoms with van der Waals surface area (Å²) in [7, 11) is -3.47. The topological polar surface area (TPSA) is 111 Å². The molecular formula is C26H37FN2O6S. The number of hydrogen-bond acceptors (Lipinski definition) is 6. The summed E-state index contributed by atoms with van der Waals surface area (Å²) in [5.74, 6) is 0.847. The van der Waals surface area contributed by atoms with Crippen molar-refractivity contribution >= 4 is 21.8 Å². The maximum Gasteiger partial charge on any atom is 0.407 e. The number of ether oxygens (including phenoxy) is 2. The first-order valence-corrected chi connectivity index (χ1v) is 14.1. The molecule has 2 aliphatic carbocycles. The van der Waals surface area contributed by atoms with Gasteiger partial charge in [-0.15, -0.1) is 0 Å². The number of carbonyl (C=O) groups excluding carboxylic acids is 2. The number of sulfone groups is 1. The maximum absolute atomic E-state index is 13.2. The van der Waals surface area contributed by atoms with Crippen molar-refractivity contribution < 1.29 is 31.9 Å². The molecule has 0 atom stereocenters. The smallest absolute Gasteiger partial charge is 0.407 e. The van der Waals surface area contributed by atoms with Crippen LogP contribution in [0.5, 0.6) is 5.75 Å². The number of nitrogens with one attached hydrogen (secondary N) is 2. The lowest BCUT2D eigenvalue weighted by atomic mass is 9.87. The van der Waals surface area contributed by atoms with Crippen molar-refractivity contribution in [2.24, 2.45) is 11.8 Å². The van der Waals surface area contributed by atoms with Crippen LogP contribution >= 0.6 is 0 Å². The average molecular weight is 525 g/mol. The molecular weight excluding hydrogens is 487 g/mol. The summed E-state index contributed by atoms with van der Waals surface area (Å²) < 4.78 is 49.7. The van der Waals surface area contributed by atoms with Gasteiger partial charge >= 0.3 is 6.09 Å². The normalized spacial score (nSPS) is 20.9. The van der Waals surface area contributed by atoms with Crippen LogP contribution in [-0.4, -0.2) is 51.0 Å². The molecule has 36 heavy (non-hydrogen) atoms. The molecule has 0 spiro atoms. The van der Waals surface area contributed by atoms with Crippen LogP contribution in [0.15, 0.2) is 41.1 Å². The molecule has 0 saturated heterocycles. The van der Waals surface area contributed by atoms with Gasteiger partial charge in [-0.2, -0.15) is 0 Å². The fraction of sp³-hybridized carbons (Fsp3) is 0.615. The van der Waals surface area contributed by atoms with Crippen LogP contribution in [-0.2, 0) is 19.4 Å². The molecule has 2 amide bonds. The van der Waals surface area contributed by atoms with Crippen molar-refractivity contribution in [2.45, 2.75) is 75.8 Å². The SMILES string of the molecule is CC(C)(C)OC(=O)NC/C(=C\F)COc1ccc(S(=O)(=O)C[C@H]2CC[C@H](NC(=O)C3CC3)CC2)cc1. The third-order valence-corrected chi connectivity index (χ3v) is 8.12. The molecule has 2 saturated carbocycles. The Labute approximate surface area is 212 Å². The van der Waals surface area contributed by atoms with Crippen LogP contribution in [0.3, 0.4) is 0 Å². The molecule has 0 aliphatic heterocycles. The van der Waals surface area contributed by atoms with Crippen LogP contribution < -0.4 is 15.4 Å². The lowest BCUT2D eigenvalue weighted by molar-refractivity contribution is -0.123. The van der Waals surface area contributed by atoms with Crippen LogP contribution in [0.25, 0.3) is 0 Å². The Morgan fingerprint density at radius 3 is 2.25 bits per heavy atom. The number of benzene rings is 1. The highest BCUT2D eigenvalue weighted by molar-refractivity contribution is 7.91. The molecule has 200 valence electrons. The van der Waals surface area contributed by atoms with Crippen molar-refractivity contribution in [3.05, 3.63) is 36.2 Å². The summed E-state index contributed by atoms with van der Waals surface area (Å²) in [5.41, 5.74) is -0.462. The zero-order chi connectivity index (χ0) is 26.3. The van der Waals surface area contributed by atoms with Gasteiger partial charge in [-0.3, -0.25) is 4.79 Å². The fourth-order valence-corrected chi connectivity index (χ4v) is 5.78. The molecule has 2 aliphatic rings. The number of rotatable bonds is 10. The van der Waals surface area contributed by atoms with Gasteiger partial charge in [-0.1, -0.05) is 0 Å². The van der Waals surface area contributed by atoms with E-state index in [1.165, 1.54) is 24.3 Å². The van der Waals surface area contributed by atoms with Gasteiger partial charge in [-0.05, 0) is 89.5 Å². The lowest BCUT2D eigenvalue weighted by Crippen LogP contribution is -2.39. The Balaban J connectivity index is 1.43. The Bertz CT molecular complexity index is 1040. The molecule has 8 nitrogen and oxygen atoms in total. The highest BCUT2D eigenvalue weighted by Gasteiger charge is 2.33. The molecule has 2 N–H and O–H groups in total. The lowest BCUT2D eigenvalue weighted by Gasteiger charge is -2.29. The zero-order valence-electron chi connectivity index (χ0n) is 21.2. The summed E-state index contributed by atoms with van der Waals surface area (Å²) >= 11 is 0. The Kier molecular flexibility index (Phi) is 9.38. The molecule has 3 rings (SSSR count). The van der Waals surface area contributed by atoms with E-state index in [0.717, 1.165) is 38.5 Å². The number of hydrogen-bond donors (Lipinski definition) is 2. The van der Waals surface area contributed by atoms with Crippen LogP contribution in [0.4, 0.5) is 9.18 Å². The quantitative estimate of drug-likeness (QED) is 0.472. The summed E-state index contributed by atoms with van der Waals surface area (Å²) in [6.45, 7) is 5.00. The Morgan fingerprint density at radius 1 is 1.06 bits per heavy atom. The Morgan fingerprint density at radius 2 is 1.69 bits per heavy atom. The monoisotopic (exact) mass is 524 g/mol. The number of carbonyl (C=O) groups is 2. The van der Waals surface area contributed by atoms with E-state index >= 15 is 0 Å². The van der Waals surface area contributed by atoms with E-state index in [-0.39, 0.29) is 53.2 Å². The van der Waals surface area contributed by atoms with Crippen LogP contribution in [0, 0.1) is 11.8 Å². The van der Waals surface area contributed by atoms with Crippen LogP contribution in [0.1, 0.15) is 59.3 Å². The van der Waals surface area contributed by atoms with Gasteiger partial charge in [-0.25, -0.2) is 17.6 Å². The van der Waals surface area contributed by atoms with E-state index in [1.54, 1.807) is 20.8 Å². The van der Waals surface area contributed by atoms with Gasteiger partial charge in [0.25, 0.3) is 0 Å². The zero-order valence-corrected chi connectivity index (χ0v) is 22.0. The first-order valence-electron chi connectivity index (χ1n) is 12.5. The second kappa shape index (κ2) is 12.1. The van der Waals surface area contributed by atoms with E-state index in [9.17, 15) is 22.4 Å². The highest BCUT2D eigenvalue weighted by atomic mass is 32.2. The minimum atomic E-state index is -3.47. The summed E-state index contributed by atoms with van der Waals surface area (Å²) in [5, 5.41) is 5.56. The van der Waals surface area contributed by atoms with E-state index in [2.05, 4.69) is 10.6 Å². The van der Waals surface area contributed by atoms with Crippen molar-refractivity contribution in [1.29, 1.82) is 0 Å². The number of halogens is 1.